The SMILES string of the molecule is CCOc1ccc(NC(=O)CN(C)C(=O)c2ccc(OCc3ccncc3)cc2)cc1OCC. The molecule has 0 aliphatic rings. The Morgan fingerprint density at radius 3 is 2.24 bits per heavy atom. The first-order valence-electron chi connectivity index (χ1n) is 11.1. The maximum Gasteiger partial charge on any atom is 0.254 e. The third-order valence-corrected chi connectivity index (χ3v) is 4.81. The summed E-state index contributed by atoms with van der Waals surface area (Å²) in [6.45, 7) is 5.06. The lowest BCUT2D eigenvalue weighted by atomic mass is 10.2. The number of amides is 2. The van der Waals surface area contributed by atoms with Crippen molar-refractivity contribution >= 4 is 17.5 Å². The van der Waals surface area contributed by atoms with Crippen molar-refractivity contribution in [3.8, 4) is 17.2 Å². The minimum Gasteiger partial charge on any atom is -0.490 e. The molecule has 1 heterocycles. The van der Waals surface area contributed by atoms with E-state index in [0.29, 0.717) is 48.3 Å². The Kier molecular flexibility index (Phi) is 8.85. The molecule has 0 radical (unpaired) electrons. The fourth-order valence-corrected chi connectivity index (χ4v) is 3.18. The molecular formula is C26H29N3O5. The van der Waals surface area contributed by atoms with E-state index >= 15 is 0 Å². The highest BCUT2D eigenvalue weighted by molar-refractivity contribution is 5.99. The molecule has 1 aromatic heterocycles. The summed E-state index contributed by atoms with van der Waals surface area (Å²) in [5.74, 6) is 1.23. The zero-order valence-corrected chi connectivity index (χ0v) is 19.6. The normalized spacial score (nSPS) is 10.3. The zero-order chi connectivity index (χ0) is 24.3. The largest absolute Gasteiger partial charge is 0.490 e. The summed E-state index contributed by atoms with van der Waals surface area (Å²) in [6, 6.07) is 15.8. The third-order valence-electron chi connectivity index (χ3n) is 4.81. The van der Waals surface area contributed by atoms with Gasteiger partial charge in [-0.25, -0.2) is 0 Å². The number of anilines is 1. The number of pyridine rings is 1. The average molecular weight is 464 g/mol. The van der Waals surface area contributed by atoms with Gasteiger partial charge in [0.05, 0.1) is 19.8 Å². The number of aromatic nitrogens is 1. The second-order valence-corrected chi connectivity index (χ2v) is 7.41. The summed E-state index contributed by atoms with van der Waals surface area (Å²) in [7, 11) is 1.58. The number of rotatable bonds is 11. The van der Waals surface area contributed by atoms with Crippen molar-refractivity contribution in [3.63, 3.8) is 0 Å². The van der Waals surface area contributed by atoms with Crippen molar-refractivity contribution in [1.82, 2.24) is 9.88 Å². The first-order valence-corrected chi connectivity index (χ1v) is 11.1. The maximum absolute atomic E-state index is 12.7. The second kappa shape index (κ2) is 12.2. The van der Waals surface area contributed by atoms with Gasteiger partial charge in [0, 0.05) is 36.8 Å². The lowest BCUT2D eigenvalue weighted by molar-refractivity contribution is -0.116. The third kappa shape index (κ3) is 6.96. The molecule has 3 rings (SSSR count). The van der Waals surface area contributed by atoms with E-state index in [2.05, 4.69) is 10.3 Å². The van der Waals surface area contributed by atoms with Gasteiger partial charge in [-0.15, -0.1) is 0 Å². The lowest BCUT2D eigenvalue weighted by Crippen LogP contribution is -2.34. The predicted molar refractivity (Wildman–Crippen MR) is 129 cm³/mol. The summed E-state index contributed by atoms with van der Waals surface area (Å²) < 4.78 is 16.9. The van der Waals surface area contributed by atoms with Gasteiger partial charge in [0.1, 0.15) is 12.4 Å². The van der Waals surface area contributed by atoms with Gasteiger partial charge in [-0.1, -0.05) is 0 Å². The standard InChI is InChI=1S/C26H29N3O5/c1-4-32-23-11-8-21(16-24(23)33-5-2)28-25(30)17-29(3)26(31)20-6-9-22(10-7-20)34-18-19-12-14-27-15-13-19/h6-16H,4-5,17-18H2,1-3H3,(H,28,30). The highest BCUT2D eigenvalue weighted by Gasteiger charge is 2.16. The number of carbonyl (C=O) groups is 2. The summed E-state index contributed by atoms with van der Waals surface area (Å²) >= 11 is 0. The van der Waals surface area contributed by atoms with Gasteiger partial charge in [0.25, 0.3) is 5.91 Å². The van der Waals surface area contributed by atoms with Crippen molar-refractivity contribution in [2.24, 2.45) is 0 Å². The molecular weight excluding hydrogens is 434 g/mol. The van der Waals surface area contributed by atoms with E-state index in [1.807, 2.05) is 26.0 Å². The second-order valence-electron chi connectivity index (χ2n) is 7.41. The number of likely N-dealkylation sites (N-methyl/N-ethyl adjacent to an activating group) is 1. The predicted octanol–water partition coefficient (Wildman–Crippen LogP) is 4.17. The minimum absolute atomic E-state index is 0.101. The summed E-state index contributed by atoms with van der Waals surface area (Å²) in [6.07, 6.45) is 3.42. The van der Waals surface area contributed by atoms with Crippen LogP contribution in [-0.2, 0) is 11.4 Å². The molecule has 8 nitrogen and oxygen atoms in total. The van der Waals surface area contributed by atoms with Crippen molar-refractivity contribution in [2.45, 2.75) is 20.5 Å². The van der Waals surface area contributed by atoms with Gasteiger partial charge in [0.2, 0.25) is 5.91 Å². The van der Waals surface area contributed by atoms with Crippen molar-refractivity contribution in [2.75, 3.05) is 32.1 Å². The molecule has 0 bridgehead atoms. The van der Waals surface area contributed by atoms with E-state index in [1.54, 1.807) is 61.9 Å². The molecule has 3 aromatic rings. The average Bonchev–Trinajstić information content (AvgIpc) is 2.85. The van der Waals surface area contributed by atoms with Crippen molar-refractivity contribution in [3.05, 3.63) is 78.1 Å². The molecule has 34 heavy (non-hydrogen) atoms. The summed E-state index contributed by atoms with van der Waals surface area (Å²) in [5, 5.41) is 2.80. The Hall–Kier alpha value is -4.07. The lowest BCUT2D eigenvalue weighted by Gasteiger charge is -2.18. The molecule has 0 saturated carbocycles. The molecule has 2 amide bonds. The van der Waals surface area contributed by atoms with Crippen LogP contribution < -0.4 is 19.5 Å². The molecule has 0 spiro atoms. The minimum atomic E-state index is -0.320. The molecule has 0 atom stereocenters. The summed E-state index contributed by atoms with van der Waals surface area (Å²) in [4.78, 5) is 30.6. The van der Waals surface area contributed by atoms with Crippen LogP contribution in [-0.4, -0.2) is 48.5 Å². The number of hydrogen-bond donors (Lipinski definition) is 1. The quantitative estimate of drug-likeness (QED) is 0.459. The van der Waals surface area contributed by atoms with Gasteiger partial charge in [-0.3, -0.25) is 14.6 Å². The number of nitrogens with one attached hydrogen (secondary N) is 1. The van der Waals surface area contributed by atoms with Crippen LogP contribution in [0.2, 0.25) is 0 Å². The Morgan fingerprint density at radius 1 is 0.882 bits per heavy atom. The van der Waals surface area contributed by atoms with Crippen LogP contribution in [0, 0.1) is 0 Å². The highest BCUT2D eigenvalue weighted by Crippen LogP contribution is 2.30. The molecule has 0 fully saturated rings. The van der Waals surface area contributed by atoms with Crippen LogP contribution in [0.1, 0.15) is 29.8 Å². The van der Waals surface area contributed by atoms with E-state index in [-0.39, 0.29) is 18.4 Å². The number of carbonyl (C=O) groups excluding carboxylic acids is 2. The summed E-state index contributed by atoms with van der Waals surface area (Å²) in [5.41, 5.74) is 2.03. The Balaban J connectivity index is 1.54. The monoisotopic (exact) mass is 463 g/mol. The van der Waals surface area contributed by atoms with E-state index < -0.39 is 0 Å². The molecule has 0 saturated heterocycles. The van der Waals surface area contributed by atoms with Crippen molar-refractivity contribution < 1.29 is 23.8 Å². The van der Waals surface area contributed by atoms with E-state index in [1.165, 1.54) is 4.90 Å². The Bertz CT molecular complexity index is 1090. The van der Waals surface area contributed by atoms with Crippen LogP contribution in [0.4, 0.5) is 5.69 Å². The molecule has 0 aliphatic heterocycles. The Labute approximate surface area is 199 Å². The van der Waals surface area contributed by atoms with E-state index in [0.717, 1.165) is 5.56 Å². The topological polar surface area (TPSA) is 90.0 Å². The Morgan fingerprint density at radius 2 is 1.56 bits per heavy atom. The molecule has 0 unspecified atom stereocenters. The molecule has 2 aromatic carbocycles. The fourth-order valence-electron chi connectivity index (χ4n) is 3.18. The smallest absolute Gasteiger partial charge is 0.254 e. The number of ether oxygens (including phenoxy) is 3. The van der Waals surface area contributed by atoms with Gasteiger partial charge < -0.3 is 24.4 Å². The van der Waals surface area contributed by atoms with Crippen molar-refractivity contribution in [1.29, 1.82) is 0 Å². The molecule has 178 valence electrons. The van der Waals surface area contributed by atoms with Crippen LogP contribution in [0.15, 0.2) is 67.0 Å². The van der Waals surface area contributed by atoms with E-state index in [9.17, 15) is 9.59 Å². The fraction of sp³-hybridized carbons (Fsp3) is 0.269. The van der Waals surface area contributed by atoms with E-state index in [4.69, 9.17) is 14.2 Å². The number of hydrogen-bond acceptors (Lipinski definition) is 6. The van der Waals surface area contributed by atoms with Crippen LogP contribution >= 0.6 is 0 Å². The molecule has 0 aliphatic carbocycles. The molecule has 1 N–H and O–H groups in total. The van der Waals surface area contributed by atoms with Gasteiger partial charge >= 0.3 is 0 Å². The van der Waals surface area contributed by atoms with Crippen LogP contribution in [0.3, 0.4) is 0 Å². The zero-order valence-electron chi connectivity index (χ0n) is 19.6. The number of nitrogens with zero attached hydrogens (tertiary/aromatic N) is 2. The van der Waals surface area contributed by atoms with Gasteiger partial charge in [0.15, 0.2) is 11.5 Å². The van der Waals surface area contributed by atoms with Gasteiger partial charge in [-0.2, -0.15) is 0 Å². The first kappa shape index (κ1) is 24.6. The van der Waals surface area contributed by atoms with Crippen LogP contribution in [0.5, 0.6) is 17.2 Å². The van der Waals surface area contributed by atoms with Crippen LogP contribution in [0.25, 0.3) is 0 Å². The van der Waals surface area contributed by atoms with Gasteiger partial charge in [-0.05, 0) is 67.9 Å². The first-order chi connectivity index (χ1) is 16.5. The molecule has 8 heteroatoms. The number of benzene rings is 2. The highest BCUT2D eigenvalue weighted by atomic mass is 16.5. The maximum atomic E-state index is 12.7.